The van der Waals surface area contributed by atoms with Crippen LogP contribution in [0.25, 0.3) is 0 Å². The van der Waals surface area contributed by atoms with Crippen LogP contribution in [0.4, 0.5) is 0 Å². The predicted octanol–water partition coefficient (Wildman–Crippen LogP) is 5.68. The number of halogens is 2. The fraction of sp³-hybridized carbons (Fsp3) is 0.647. The van der Waals surface area contributed by atoms with Gasteiger partial charge in [-0.25, -0.2) is 0 Å². The van der Waals surface area contributed by atoms with Gasteiger partial charge in [-0.2, -0.15) is 0 Å². The number of alkyl halides is 2. The Bertz CT molecular complexity index is 390. The standard InChI is InChI=1S/C17H24Cl2/c1-14-5-4-8-16(11-14)17(12-18,13-19)10-9-15-6-2-3-7-15/h4-5,8,11,15H,2-3,6-7,9-10,12-13H2,1H3. The third-order valence-electron chi connectivity index (χ3n) is 4.65. The molecule has 1 aliphatic carbocycles. The molecule has 19 heavy (non-hydrogen) atoms. The molecule has 1 aromatic rings. The van der Waals surface area contributed by atoms with Crippen LogP contribution in [-0.4, -0.2) is 11.8 Å². The number of hydrogen-bond acceptors (Lipinski definition) is 0. The highest BCUT2D eigenvalue weighted by Crippen LogP contribution is 2.37. The first-order chi connectivity index (χ1) is 9.20. The van der Waals surface area contributed by atoms with Gasteiger partial charge in [-0.15, -0.1) is 23.2 Å². The van der Waals surface area contributed by atoms with Gasteiger partial charge in [0.05, 0.1) is 0 Å². The maximum absolute atomic E-state index is 6.31. The molecule has 0 N–H and O–H groups in total. The molecule has 1 aromatic carbocycles. The molecule has 0 aromatic heterocycles. The van der Waals surface area contributed by atoms with Crippen LogP contribution < -0.4 is 0 Å². The highest BCUT2D eigenvalue weighted by molar-refractivity contribution is 6.22. The molecule has 0 saturated heterocycles. The van der Waals surface area contributed by atoms with Crippen molar-refractivity contribution in [3.8, 4) is 0 Å². The van der Waals surface area contributed by atoms with E-state index >= 15 is 0 Å². The van der Waals surface area contributed by atoms with Crippen LogP contribution in [0.1, 0.15) is 49.7 Å². The molecule has 1 fully saturated rings. The van der Waals surface area contributed by atoms with Gasteiger partial charge in [-0.05, 0) is 31.2 Å². The molecule has 0 heterocycles. The lowest BCUT2D eigenvalue weighted by Gasteiger charge is -2.31. The minimum atomic E-state index is -0.0439. The molecule has 0 radical (unpaired) electrons. The maximum Gasteiger partial charge on any atom is 0.0332 e. The van der Waals surface area contributed by atoms with Gasteiger partial charge in [0.15, 0.2) is 0 Å². The zero-order valence-corrected chi connectivity index (χ0v) is 13.3. The van der Waals surface area contributed by atoms with E-state index in [1.165, 1.54) is 43.2 Å². The molecule has 2 rings (SSSR count). The molecule has 1 saturated carbocycles. The Labute approximate surface area is 127 Å². The van der Waals surface area contributed by atoms with Crippen molar-refractivity contribution in [2.75, 3.05) is 11.8 Å². The molecule has 0 unspecified atom stereocenters. The molecule has 2 heteroatoms. The molecular weight excluding hydrogens is 275 g/mol. The van der Waals surface area contributed by atoms with E-state index in [2.05, 4.69) is 31.2 Å². The highest BCUT2D eigenvalue weighted by atomic mass is 35.5. The lowest BCUT2D eigenvalue weighted by atomic mass is 9.77. The van der Waals surface area contributed by atoms with E-state index in [9.17, 15) is 0 Å². The smallest absolute Gasteiger partial charge is 0.0332 e. The van der Waals surface area contributed by atoms with Gasteiger partial charge in [-0.3, -0.25) is 0 Å². The largest absolute Gasteiger partial charge is 0.126 e. The summed E-state index contributed by atoms with van der Waals surface area (Å²) in [5.74, 6) is 2.13. The van der Waals surface area contributed by atoms with E-state index in [1.54, 1.807) is 0 Å². The van der Waals surface area contributed by atoms with Crippen molar-refractivity contribution >= 4 is 23.2 Å². The van der Waals surface area contributed by atoms with E-state index < -0.39 is 0 Å². The molecule has 0 atom stereocenters. The van der Waals surface area contributed by atoms with Gasteiger partial charge in [0.1, 0.15) is 0 Å². The van der Waals surface area contributed by atoms with Gasteiger partial charge in [-0.1, -0.05) is 55.5 Å². The molecule has 0 bridgehead atoms. The Morgan fingerprint density at radius 2 is 1.84 bits per heavy atom. The summed E-state index contributed by atoms with van der Waals surface area (Å²) in [5, 5.41) is 0. The third-order valence-corrected chi connectivity index (χ3v) is 5.67. The predicted molar refractivity (Wildman–Crippen MR) is 85.5 cm³/mol. The zero-order chi connectivity index (χ0) is 13.7. The minimum absolute atomic E-state index is 0.0439. The molecule has 1 aliphatic rings. The van der Waals surface area contributed by atoms with Crippen LogP contribution in [0.2, 0.25) is 0 Å². The molecule has 0 spiro atoms. The van der Waals surface area contributed by atoms with Crippen molar-refractivity contribution in [1.82, 2.24) is 0 Å². The Morgan fingerprint density at radius 3 is 2.42 bits per heavy atom. The first-order valence-electron chi connectivity index (χ1n) is 7.39. The van der Waals surface area contributed by atoms with Crippen LogP contribution in [0.5, 0.6) is 0 Å². The second kappa shape index (κ2) is 6.99. The van der Waals surface area contributed by atoms with Crippen LogP contribution >= 0.6 is 23.2 Å². The van der Waals surface area contributed by atoms with Gasteiger partial charge in [0.25, 0.3) is 0 Å². The van der Waals surface area contributed by atoms with Crippen LogP contribution in [0, 0.1) is 12.8 Å². The molecule has 106 valence electrons. The fourth-order valence-electron chi connectivity index (χ4n) is 3.22. The quantitative estimate of drug-likeness (QED) is 0.593. The van der Waals surface area contributed by atoms with Crippen molar-refractivity contribution < 1.29 is 0 Å². The summed E-state index contributed by atoms with van der Waals surface area (Å²) in [7, 11) is 0. The minimum Gasteiger partial charge on any atom is -0.126 e. The topological polar surface area (TPSA) is 0 Å². The van der Waals surface area contributed by atoms with Crippen LogP contribution in [-0.2, 0) is 5.41 Å². The average Bonchev–Trinajstić information content (AvgIpc) is 2.94. The van der Waals surface area contributed by atoms with Crippen molar-refractivity contribution in [1.29, 1.82) is 0 Å². The van der Waals surface area contributed by atoms with Gasteiger partial charge in [0.2, 0.25) is 0 Å². The SMILES string of the molecule is Cc1cccc(C(CCl)(CCl)CCC2CCCC2)c1. The van der Waals surface area contributed by atoms with Crippen LogP contribution in [0.3, 0.4) is 0 Å². The van der Waals surface area contributed by atoms with E-state index in [1.807, 2.05) is 0 Å². The number of hydrogen-bond donors (Lipinski definition) is 0. The van der Waals surface area contributed by atoms with E-state index in [0.29, 0.717) is 11.8 Å². The second-order valence-electron chi connectivity index (χ2n) is 6.11. The summed E-state index contributed by atoms with van der Waals surface area (Å²) in [5.41, 5.74) is 2.56. The Morgan fingerprint density at radius 1 is 1.16 bits per heavy atom. The summed E-state index contributed by atoms with van der Waals surface area (Å²) in [6, 6.07) is 8.69. The first kappa shape index (κ1) is 15.2. The number of aryl methyl sites for hydroxylation is 1. The Hall–Kier alpha value is -0.200. The lowest BCUT2D eigenvalue weighted by Crippen LogP contribution is -2.31. The maximum atomic E-state index is 6.31. The van der Waals surface area contributed by atoms with Crippen molar-refractivity contribution in [3.05, 3.63) is 35.4 Å². The normalized spacial score (nSPS) is 17.0. The molecule has 0 amide bonds. The van der Waals surface area contributed by atoms with E-state index in [4.69, 9.17) is 23.2 Å². The number of benzene rings is 1. The summed E-state index contributed by atoms with van der Waals surface area (Å²) < 4.78 is 0. The Balaban J connectivity index is 2.11. The summed E-state index contributed by atoms with van der Waals surface area (Å²) >= 11 is 12.6. The van der Waals surface area contributed by atoms with Crippen LogP contribution in [0.15, 0.2) is 24.3 Å². The average molecular weight is 299 g/mol. The van der Waals surface area contributed by atoms with Gasteiger partial charge >= 0.3 is 0 Å². The monoisotopic (exact) mass is 298 g/mol. The van der Waals surface area contributed by atoms with Crippen molar-refractivity contribution in [2.24, 2.45) is 5.92 Å². The Kier molecular flexibility index (Phi) is 5.59. The lowest BCUT2D eigenvalue weighted by molar-refractivity contribution is 0.394. The molecule has 0 nitrogen and oxygen atoms in total. The highest BCUT2D eigenvalue weighted by Gasteiger charge is 2.31. The van der Waals surface area contributed by atoms with E-state index in [-0.39, 0.29) is 5.41 Å². The number of rotatable bonds is 6. The van der Waals surface area contributed by atoms with Gasteiger partial charge < -0.3 is 0 Å². The second-order valence-corrected chi connectivity index (χ2v) is 6.64. The summed E-state index contributed by atoms with van der Waals surface area (Å²) in [6.45, 7) is 2.13. The zero-order valence-electron chi connectivity index (χ0n) is 11.8. The van der Waals surface area contributed by atoms with Crippen molar-refractivity contribution in [2.45, 2.75) is 50.9 Å². The van der Waals surface area contributed by atoms with Gasteiger partial charge in [0, 0.05) is 17.2 Å². The summed E-state index contributed by atoms with van der Waals surface area (Å²) in [4.78, 5) is 0. The van der Waals surface area contributed by atoms with Crippen molar-refractivity contribution in [3.63, 3.8) is 0 Å². The summed E-state index contributed by atoms with van der Waals surface area (Å²) in [6.07, 6.45) is 8.00. The first-order valence-corrected chi connectivity index (χ1v) is 8.46. The van der Waals surface area contributed by atoms with E-state index in [0.717, 1.165) is 12.3 Å². The molecule has 0 aliphatic heterocycles. The third kappa shape index (κ3) is 3.67. The molecular formula is C17H24Cl2. The fourth-order valence-corrected chi connectivity index (χ4v) is 4.08.